The minimum Gasteiger partial charge on any atom is -0.497 e. The number of ether oxygens (including phenoxy) is 2. The highest BCUT2D eigenvalue weighted by molar-refractivity contribution is 14.0. The fraction of sp³-hybridized carbons (Fsp3) is 0.300. The molecule has 0 spiro atoms. The fourth-order valence-corrected chi connectivity index (χ4v) is 2.48. The van der Waals surface area contributed by atoms with E-state index in [0.29, 0.717) is 35.9 Å². The van der Waals surface area contributed by atoms with E-state index >= 15 is 0 Å². The van der Waals surface area contributed by atoms with Crippen LogP contribution in [0.2, 0.25) is 0 Å². The average molecular weight is 552 g/mol. The van der Waals surface area contributed by atoms with Crippen molar-refractivity contribution < 1.29 is 27.4 Å². The molecule has 0 aliphatic rings. The van der Waals surface area contributed by atoms with Gasteiger partial charge in [-0.15, -0.1) is 37.1 Å². The maximum atomic E-state index is 12.5. The Morgan fingerprint density at radius 3 is 2.26 bits per heavy atom. The van der Waals surface area contributed by atoms with Crippen molar-refractivity contribution >= 4 is 35.8 Å². The van der Waals surface area contributed by atoms with Crippen molar-refractivity contribution in [3.63, 3.8) is 0 Å². The van der Waals surface area contributed by atoms with Gasteiger partial charge in [-0.25, -0.2) is 0 Å². The molecule has 0 atom stereocenters. The molecule has 2 rings (SSSR count). The molecule has 0 aromatic heterocycles. The molecule has 0 fully saturated rings. The van der Waals surface area contributed by atoms with Crippen molar-refractivity contribution in [3.8, 4) is 11.5 Å². The lowest BCUT2D eigenvalue weighted by molar-refractivity contribution is -0.274. The zero-order valence-corrected chi connectivity index (χ0v) is 19.3. The van der Waals surface area contributed by atoms with Gasteiger partial charge in [-0.05, 0) is 30.3 Å². The molecule has 0 heterocycles. The van der Waals surface area contributed by atoms with Gasteiger partial charge in [-0.1, -0.05) is 18.2 Å². The molecule has 0 bridgehead atoms. The predicted molar refractivity (Wildman–Crippen MR) is 122 cm³/mol. The van der Waals surface area contributed by atoms with E-state index in [1.54, 1.807) is 37.4 Å². The summed E-state index contributed by atoms with van der Waals surface area (Å²) in [6.07, 6.45) is -4.77. The number of nitrogens with one attached hydrogen (secondary N) is 3. The average Bonchev–Trinajstić information content (AvgIpc) is 2.73. The third-order valence-corrected chi connectivity index (χ3v) is 3.92. The number of para-hydroxylation sites is 1. The van der Waals surface area contributed by atoms with Crippen LogP contribution >= 0.6 is 24.0 Å². The van der Waals surface area contributed by atoms with Crippen LogP contribution in [0.5, 0.6) is 11.5 Å². The molecule has 0 aliphatic carbocycles. The SMILES string of the molecule is CN=C(NCCNC(=O)c1ccc(OC)cc1)NCc1ccccc1OC(F)(F)F.I. The fourth-order valence-electron chi connectivity index (χ4n) is 2.48. The van der Waals surface area contributed by atoms with Gasteiger partial charge in [0.1, 0.15) is 11.5 Å². The normalized spacial score (nSPS) is 11.2. The maximum Gasteiger partial charge on any atom is 0.573 e. The molecule has 0 unspecified atom stereocenters. The third kappa shape index (κ3) is 9.32. The van der Waals surface area contributed by atoms with Crippen LogP contribution in [-0.2, 0) is 6.54 Å². The van der Waals surface area contributed by atoms with Crippen LogP contribution in [0, 0.1) is 0 Å². The first-order valence-electron chi connectivity index (χ1n) is 9.03. The number of methoxy groups -OCH3 is 1. The molecule has 2 aromatic rings. The van der Waals surface area contributed by atoms with Crippen LogP contribution in [0.4, 0.5) is 13.2 Å². The van der Waals surface area contributed by atoms with E-state index in [4.69, 9.17) is 4.74 Å². The Morgan fingerprint density at radius 2 is 1.65 bits per heavy atom. The molecule has 0 aliphatic heterocycles. The second-order valence-corrected chi connectivity index (χ2v) is 5.99. The zero-order chi connectivity index (χ0) is 22.0. The summed E-state index contributed by atoms with van der Waals surface area (Å²) in [7, 11) is 3.08. The highest BCUT2D eigenvalue weighted by Gasteiger charge is 2.31. The van der Waals surface area contributed by atoms with E-state index in [0.717, 1.165) is 0 Å². The van der Waals surface area contributed by atoms with Gasteiger partial charge in [0.05, 0.1) is 7.11 Å². The summed E-state index contributed by atoms with van der Waals surface area (Å²) in [5, 5.41) is 8.64. The summed E-state index contributed by atoms with van der Waals surface area (Å²) in [5.41, 5.74) is 0.824. The van der Waals surface area contributed by atoms with E-state index < -0.39 is 6.36 Å². The minimum absolute atomic E-state index is 0. The number of amides is 1. The van der Waals surface area contributed by atoms with Crippen molar-refractivity contribution in [3.05, 3.63) is 59.7 Å². The Morgan fingerprint density at radius 1 is 1.00 bits per heavy atom. The lowest BCUT2D eigenvalue weighted by Gasteiger charge is -2.15. The van der Waals surface area contributed by atoms with Crippen LogP contribution < -0.4 is 25.4 Å². The number of hydrogen-bond acceptors (Lipinski definition) is 4. The van der Waals surface area contributed by atoms with E-state index in [1.807, 2.05) is 0 Å². The van der Waals surface area contributed by atoms with E-state index in [-0.39, 0.29) is 42.2 Å². The van der Waals surface area contributed by atoms with Crippen LogP contribution in [0.25, 0.3) is 0 Å². The monoisotopic (exact) mass is 552 g/mol. The number of benzene rings is 2. The van der Waals surface area contributed by atoms with Crippen LogP contribution in [-0.4, -0.2) is 45.5 Å². The van der Waals surface area contributed by atoms with Gasteiger partial charge in [-0.3, -0.25) is 9.79 Å². The molecular formula is C20H24F3IN4O3. The van der Waals surface area contributed by atoms with E-state index in [2.05, 4.69) is 25.7 Å². The number of carbonyl (C=O) groups is 1. The Labute approximate surface area is 195 Å². The van der Waals surface area contributed by atoms with Gasteiger partial charge in [0.25, 0.3) is 5.91 Å². The number of carbonyl (C=O) groups excluding carboxylic acids is 1. The quantitative estimate of drug-likeness (QED) is 0.203. The first-order valence-corrected chi connectivity index (χ1v) is 9.03. The molecule has 11 heteroatoms. The Kier molecular flexibility index (Phi) is 10.9. The predicted octanol–water partition coefficient (Wildman–Crippen LogP) is 3.31. The second-order valence-electron chi connectivity index (χ2n) is 5.99. The number of halogens is 4. The van der Waals surface area contributed by atoms with Gasteiger partial charge in [0.2, 0.25) is 0 Å². The minimum atomic E-state index is -4.77. The zero-order valence-electron chi connectivity index (χ0n) is 17.0. The van der Waals surface area contributed by atoms with Crippen molar-refractivity contribution in [2.75, 3.05) is 27.2 Å². The Balaban J connectivity index is 0.00000480. The Bertz CT molecular complexity index is 861. The third-order valence-electron chi connectivity index (χ3n) is 3.92. The summed E-state index contributed by atoms with van der Waals surface area (Å²) in [5.74, 6) is 0.515. The van der Waals surface area contributed by atoms with Crippen molar-refractivity contribution in [2.45, 2.75) is 12.9 Å². The highest BCUT2D eigenvalue weighted by atomic mass is 127. The maximum absolute atomic E-state index is 12.5. The van der Waals surface area contributed by atoms with E-state index in [9.17, 15) is 18.0 Å². The number of aliphatic imine (C=N–C) groups is 1. The number of alkyl halides is 3. The molecule has 7 nitrogen and oxygen atoms in total. The van der Waals surface area contributed by atoms with Gasteiger partial charge < -0.3 is 25.4 Å². The summed E-state index contributed by atoms with van der Waals surface area (Å²) >= 11 is 0. The molecule has 0 radical (unpaired) electrons. The van der Waals surface area contributed by atoms with Crippen molar-refractivity contribution in [2.24, 2.45) is 4.99 Å². The van der Waals surface area contributed by atoms with Crippen LogP contribution in [0.3, 0.4) is 0 Å². The second kappa shape index (κ2) is 12.9. The van der Waals surface area contributed by atoms with Gasteiger partial charge >= 0.3 is 6.36 Å². The van der Waals surface area contributed by atoms with E-state index in [1.165, 1.54) is 25.2 Å². The van der Waals surface area contributed by atoms with Crippen molar-refractivity contribution in [1.29, 1.82) is 0 Å². The number of rotatable bonds is 8. The molecule has 2 aromatic carbocycles. The van der Waals surface area contributed by atoms with Gasteiger partial charge in [0.15, 0.2) is 5.96 Å². The summed E-state index contributed by atoms with van der Waals surface area (Å²) < 4.78 is 46.6. The van der Waals surface area contributed by atoms with Crippen LogP contribution in [0.1, 0.15) is 15.9 Å². The first-order chi connectivity index (χ1) is 14.3. The smallest absolute Gasteiger partial charge is 0.497 e. The molecule has 1 amide bonds. The lowest BCUT2D eigenvalue weighted by Crippen LogP contribution is -2.41. The number of nitrogens with zero attached hydrogens (tertiary/aromatic N) is 1. The first kappa shape index (κ1) is 26.3. The van der Waals surface area contributed by atoms with Gasteiger partial charge in [-0.2, -0.15) is 0 Å². The largest absolute Gasteiger partial charge is 0.573 e. The highest BCUT2D eigenvalue weighted by Crippen LogP contribution is 2.26. The number of guanidine groups is 1. The molecule has 170 valence electrons. The number of hydrogen-bond donors (Lipinski definition) is 3. The van der Waals surface area contributed by atoms with Crippen LogP contribution in [0.15, 0.2) is 53.5 Å². The molecule has 0 saturated heterocycles. The summed E-state index contributed by atoms with van der Waals surface area (Å²) in [4.78, 5) is 16.1. The topological polar surface area (TPSA) is 84.0 Å². The Hall–Kier alpha value is -2.70. The molecule has 3 N–H and O–H groups in total. The lowest BCUT2D eigenvalue weighted by atomic mass is 10.2. The summed E-state index contributed by atoms with van der Waals surface area (Å²) in [6, 6.07) is 12.5. The molecule has 31 heavy (non-hydrogen) atoms. The summed E-state index contributed by atoms with van der Waals surface area (Å²) in [6.45, 7) is 0.756. The molecular weight excluding hydrogens is 528 g/mol. The molecule has 0 saturated carbocycles. The standard InChI is InChI=1S/C20H23F3N4O3.HI/c1-24-19(27-13-15-5-3-4-6-17(15)30-20(21,22)23)26-12-11-25-18(28)14-7-9-16(29-2)10-8-14;/h3-10H,11-13H2,1-2H3,(H,25,28)(H2,24,26,27);1H. The van der Waals surface area contributed by atoms with Crippen molar-refractivity contribution in [1.82, 2.24) is 16.0 Å². The van der Waals surface area contributed by atoms with Gasteiger partial charge in [0, 0.05) is 37.8 Å².